The molecule has 0 aliphatic heterocycles. The molecule has 1 heterocycles. The zero-order chi connectivity index (χ0) is 12.1. The molecule has 0 bridgehead atoms. The van der Waals surface area contributed by atoms with Crippen molar-refractivity contribution in [1.29, 1.82) is 0 Å². The van der Waals surface area contributed by atoms with Gasteiger partial charge in [0, 0.05) is 12.1 Å². The summed E-state index contributed by atoms with van der Waals surface area (Å²) in [4.78, 5) is 0. The second-order valence-corrected chi connectivity index (χ2v) is 3.60. The van der Waals surface area contributed by atoms with Crippen LogP contribution in [0.3, 0.4) is 0 Å². The molecule has 0 spiro atoms. The fourth-order valence-electron chi connectivity index (χ4n) is 1.48. The molecule has 2 aromatic rings. The van der Waals surface area contributed by atoms with Crippen molar-refractivity contribution >= 4 is 0 Å². The molecule has 0 saturated heterocycles. The van der Waals surface area contributed by atoms with Gasteiger partial charge in [-0.2, -0.15) is 5.10 Å². The Kier molecular flexibility index (Phi) is 3.72. The highest BCUT2D eigenvalue weighted by molar-refractivity contribution is 5.19. The van der Waals surface area contributed by atoms with Gasteiger partial charge >= 0.3 is 0 Å². The van der Waals surface area contributed by atoms with Crippen molar-refractivity contribution in [2.75, 3.05) is 13.2 Å². The second-order valence-electron chi connectivity index (χ2n) is 3.60. The van der Waals surface area contributed by atoms with Crippen LogP contribution in [0.1, 0.15) is 5.56 Å². The Labute approximate surface area is 98.8 Å². The maximum Gasteiger partial charge on any atom is 0.157 e. The summed E-state index contributed by atoms with van der Waals surface area (Å²) in [7, 11) is 0. The quantitative estimate of drug-likeness (QED) is 0.852. The van der Waals surface area contributed by atoms with Crippen LogP contribution in [-0.2, 0) is 6.54 Å². The summed E-state index contributed by atoms with van der Waals surface area (Å²) in [6, 6.07) is 6.63. The van der Waals surface area contributed by atoms with Crippen molar-refractivity contribution in [2.24, 2.45) is 5.73 Å². The van der Waals surface area contributed by atoms with E-state index >= 15 is 0 Å². The zero-order valence-electron chi connectivity index (χ0n) is 9.34. The number of halogens is 1. The molecule has 4 nitrogen and oxygen atoms in total. The normalized spacial score (nSPS) is 10.5. The lowest BCUT2D eigenvalue weighted by Gasteiger charge is -2.03. The Morgan fingerprint density at radius 1 is 1.35 bits per heavy atom. The lowest BCUT2D eigenvalue weighted by molar-refractivity contribution is 0.328. The first kappa shape index (κ1) is 11.6. The van der Waals surface area contributed by atoms with Gasteiger partial charge in [0.25, 0.3) is 0 Å². The summed E-state index contributed by atoms with van der Waals surface area (Å²) in [5, 5.41) is 4.09. The van der Waals surface area contributed by atoms with Crippen molar-refractivity contribution in [3.05, 3.63) is 48.0 Å². The largest absolute Gasteiger partial charge is 0.489 e. The summed E-state index contributed by atoms with van der Waals surface area (Å²) in [5.41, 5.74) is 5.92. The molecule has 0 atom stereocenters. The van der Waals surface area contributed by atoms with E-state index in [9.17, 15) is 4.39 Å². The molecule has 0 unspecified atom stereocenters. The first-order valence-corrected chi connectivity index (χ1v) is 5.38. The molecule has 0 radical (unpaired) electrons. The number of aromatic nitrogens is 2. The fraction of sp³-hybridized carbons (Fsp3) is 0.250. The Hall–Kier alpha value is -1.88. The molecule has 2 rings (SSSR count). The standard InChI is InChI=1S/C12H14FN3O/c13-12-4-2-1-3-10(12)8-16-9-11(7-15-16)17-6-5-14/h1-4,7,9H,5-6,8,14H2. The summed E-state index contributed by atoms with van der Waals surface area (Å²) in [6.07, 6.45) is 3.32. The molecular formula is C12H14FN3O. The monoisotopic (exact) mass is 235 g/mol. The van der Waals surface area contributed by atoms with E-state index in [1.807, 2.05) is 0 Å². The second kappa shape index (κ2) is 5.45. The molecule has 5 heteroatoms. The van der Waals surface area contributed by atoms with Crippen LogP contribution in [0.5, 0.6) is 5.75 Å². The highest BCUT2D eigenvalue weighted by Crippen LogP contribution is 2.12. The van der Waals surface area contributed by atoms with Gasteiger partial charge in [-0.05, 0) is 6.07 Å². The van der Waals surface area contributed by atoms with Crippen LogP contribution in [-0.4, -0.2) is 22.9 Å². The minimum atomic E-state index is -0.229. The van der Waals surface area contributed by atoms with Gasteiger partial charge in [0.2, 0.25) is 0 Å². The van der Waals surface area contributed by atoms with Crippen LogP contribution in [0.25, 0.3) is 0 Å². The third-order valence-electron chi connectivity index (χ3n) is 2.29. The molecule has 1 aromatic carbocycles. The van der Waals surface area contributed by atoms with E-state index in [0.717, 1.165) is 0 Å². The Balaban J connectivity index is 2.04. The lowest BCUT2D eigenvalue weighted by Crippen LogP contribution is -2.10. The topological polar surface area (TPSA) is 53.1 Å². The van der Waals surface area contributed by atoms with Crippen LogP contribution in [0, 0.1) is 5.82 Å². The SMILES string of the molecule is NCCOc1cnn(Cc2ccccc2F)c1. The van der Waals surface area contributed by atoms with Crippen molar-refractivity contribution in [3.63, 3.8) is 0 Å². The van der Waals surface area contributed by atoms with E-state index in [4.69, 9.17) is 10.5 Å². The molecule has 17 heavy (non-hydrogen) atoms. The number of hydrogen-bond donors (Lipinski definition) is 1. The van der Waals surface area contributed by atoms with E-state index in [1.54, 1.807) is 35.3 Å². The molecule has 90 valence electrons. The van der Waals surface area contributed by atoms with Gasteiger partial charge in [-0.25, -0.2) is 4.39 Å². The highest BCUT2D eigenvalue weighted by Gasteiger charge is 2.03. The lowest BCUT2D eigenvalue weighted by atomic mass is 10.2. The summed E-state index contributed by atoms with van der Waals surface area (Å²) < 4.78 is 20.3. The minimum absolute atomic E-state index is 0.229. The van der Waals surface area contributed by atoms with Crippen molar-refractivity contribution < 1.29 is 9.13 Å². The van der Waals surface area contributed by atoms with Gasteiger partial charge in [-0.15, -0.1) is 0 Å². The average molecular weight is 235 g/mol. The number of rotatable bonds is 5. The molecule has 2 N–H and O–H groups in total. The van der Waals surface area contributed by atoms with E-state index in [0.29, 0.717) is 31.0 Å². The van der Waals surface area contributed by atoms with Crippen LogP contribution in [0.4, 0.5) is 4.39 Å². The Bertz CT molecular complexity index is 484. The van der Waals surface area contributed by atoms with Crippen molar-refractivity contribution in [3.8, 4) is 5.75 Å². The van der Waals surface area contributed by atoms with Gasteiger partial charge in [0.1, 0.15) is 12.4 Å². The Morgan fingerprint density at radius 3 is 2.94 bits per heavy atom. The van der Waals surface area contributed by atoms with E-state index < -0.39 is 0 Å². The van der Waals surface area contributed by atoms with Gasteiger partial charge < -0.3 is 10.5 Å². The highest BCUT2D eigenvalue weighted by atomic mass is 19.1. The van der Waals surface area contributed by atoms with Gasteiger partial charge in [0.15, 0.2) is 5.75 Å². The van der Waals surface area contributed by atoms with E-state index in [1.165, 1.54) is 6.07 Å². The molecule has 1 aromatic heterocycles. The number of ether oxygens (including phenoxy) is 1. The number of benzene rings is 1. The van der Waals surface area contributed by atoms with Gasteiger partial charge in [-0.3, -0.25) is 4.68 Å². The van der Waals surface area contributed by atoms with Gasteiger partial charge in [0.05, 0.1) is 18.9 Å². The maximum atomic E-state index is 13.4. The average Bonchev–Trinajstić information content (AvgIpc) is 2.77. The van der Waals surface area contributed by atoms with E-state index in [2.05, 4.69) is 5.10 Å². The molecule has 0 amide bonds. The molecule has 0 aliphatic rings. The first-order chi connectivity index (χ1) is 8.29. The Morgan fingerprint density at radius 2 is 2.18 bits per heavy atom. The maximum absolute atomic E-state index is 13.4. The predicted octanol–water partition coefficient (Wildman–Crippen LogP) is 1.41. The molecule has 0 fully saturated rings. The first-order valence-electron chi connectivity index (χ1n) is 5.38. The predicted molar refractivity (Wildman–Crippen MR) is 62.3 cm³/mol. The van der Waals surface area contributed by atoms with Crippen LogP contribution in [0.2, 0.25) is 0 Å². The summed E-state index contributed by atoms with van der Waals surface area (Å²) in [6.45, 7) is 1.29. The summed E-state index contributed by atoms with van der Waals surface area (Å²) >= 11 is 0. The molecular weight excluding hydrogens is 221 g/mol. The fourth-order valence-corrected chi connectivity index (χ4v) is 1.48. The number of nitrogens with zero attached hydrogens (tertiary/aromatic N) is 2. The number of nitrogens with two attached hydrogens (primary N) is 1. The van der Waals surface area contributed by atoms with E-state index in [-0.39, 0.29) is 5.82 Å². The summed E-state index contributed by atoms with van der Waals surface area (Å²) in [5.74, 6) is 0.416. The van der Waals surface area contributed by atoms with Crippen molar-refractivity contribution in [2.45, 2.75) is 6.54 Å². The van der Waals surface area contributed by atoms with Crippen LogP contribution >= 0.6 is 0 Å². The number of hydrogen-bond acceptors (Lipinski definition) is 3. The van der Waals surface area contributed by atoms with Gasteiger partial charge in [-0.1, -0.05) is 18.2 Å². The third-order valence-corrected chi connectivity index (χ3v) is 2.29. The van der Waals surface area contributed by atoms with Crippen LogP contribution in [0.15, 0.2) is 36.7 Å². The smallest absolute Gasteiger partial charge is 0.157 e. The molecule has 0 saturated carbocycles. The van der Waals surface area contributed by atoms with Crippen molar-refractivity contribution in [1.82, 2.24) is 9.78 Å². The molecule has 0 aliphatic carbocycles. The van der Waals surface area contributed by atoms with Crippen LogP contribution < -0.4 is 10.5 Å². The minimum Gasteiger partial charge on any atom is -0.489 e. The zero-order valence-corrected chi connectivity index (χ0v) is 9.34. The third kappa shape index (κ3) is 3.04.